The summed E-state index contributed by atoms with van der Waals surface area (Å²) in [5.41, 5.74) is 0. The maximum Gasteiger partial charge on any atom is 0.391 e. The van der Waals surface area contributed by atoms with E-state index in [4.69, 9.17) is 0 Å². The highest BCUT2D eigenvalue weighted by molar-refractivity contribution is 5.05. The van der Waals surface area contributed by atoms with Crippen molar-refractivity contribution in [1.82, 2.24) is 10.6 Å². The summed E-state index contributed by atoms with van der Waals surface area (Å²) in [7, 11) is 0. The number of nitrogens with one attached hydrogen (secondary N) is 2. The summed E-state index contributed by atoms with van der Waals surface area (Å²) in [6.07, 6.45) is 5.09. The van der Waals surface area contributed by atoms with Crippen LogP contribution in [0.4, 0.5) is 17.6 Å². The van der Waals surface area contributed by atoms with E-state index in [2.05, 4.69) is 10.6 Å². The molecule has 1 saturated heterocycles. The molecule has 156 valence electrons. The number of hydrogen-bond donors (Lipinski definition) is 2. The third kappa shape index (κ3) is 4.47. The number of rotatable bonds is 2. The van der Waals surface area contributed by atoms with Gasteiger partial charge in [-0.2, -0.15) is 13.2 Å². The molecule has 4 atom stereocenters. The Bertz CT molecular complexity index is 481. The Morgan fingerprint density at radius 3 is 1.48 bits per heavy atom. The first-order valence-corrected chi connectivity index (χ1v) is 11.1. The summed E-state index contributed by atoms with van der Waals surface area (Å²) < 4.78 is 52.9. The topological polar surface area (TPSA) is 24.1 Å². The van der Waals surface area contributed by atoms with E-state index < -0.39 is 18.3 Å². The minimum atomic E-state index is -4.05. The average molecular weight is 391 g/mol. The normalized spacial score (nSPS) is 46.7. The standard InChI is InChI=1S/C21H34F4N2/c22-16-11-7-14(8-12-16)20-19(26-17-3-1-2-4-18(17)27-20)13-5-9-15(10-6-13)21(23,24)25/h13-20,26-27H,1-12H2. The second-order valence-corrected chi connectivity index (χ2v) is 9.55. The van der Waals surface area contributed by atoms with Crippen molar-refractivity contribution in [2.75, 3.05) is 0 Å². The fourth-order valence-corrected chi connectivity index (χ4v) is 6.33. The molecule has 4 unspecified atom stereocenters. The van der Waals surface area contributed by atoms with Gasteiger partial charge in [-0.15, -0.1) is 0 Å². The van der Waals surface area contributed by atoms with Gasteiger partial charge in [-0.3, -0.25) is 0 Å². The third-order valence-electron chi connectivity index (χ3n) is 7.92. The molecule has 27 heavy (non-hydrogen) atoms. The van der Waals surface area contributed by atoms with Gasteiger partial charge < -0.3 is 10.6 Å². The molecule has 2 N–H and O–H groups in total. The highest BCUT2D eigenvalue weighted by Gasteiger charge is 2.47. The molecule has 4 aliphatic rings. The maximum absolute atomic E-state index is 13.7. The van der Waals surface area contributed by atoms with Crippen molar-refractivity contribution in [3.05, 3.63) is 0 Å². The first-order chi connectivity index (χ1) is 12.9. The van der Waals surface area contributed by atoms with Gasteiger partial charge in [-0.05, 0) is 76.0 Å². The predicted molar refractivity (Wildman–Crippen MR) is 98.2 cm³/mol. The largest absolute Gasteiger partial charge is 0.391 e. The molecule has 0 aromatic rings. The van der Waals surface area contributed by atoms with Crippen molar-refractivity contribution in [3.8, 4) is 0 Å². The van der Waals surface area contributed by atoms with E-state index in [1.165, 1.54) is 19.3 Å². The van der Waals surface area contributed by atoms with Gasteiger partial charge in [0.1, 0.15) is 6.17 Å². The van der Waals surface area contributed by atoms with Crippen LogP contribution >= 0.6 is 0 Å². The van der Waals surface area contributed by atoms with Gasteiger partial charge >= 0.3 is 6.18 Å². The lowest BCUT2D eigenvalue weighted by molar-refractivity contribution is -0.184. The fraction of sp³-hybridized carbons (Fsp3) is 1.00. The van der Waals surface area contributed by atoms with Crippen molar-refractivity contribution in [1.29, 1.82) is 0 Å². The Labute approximate surface area is 160 Å². The minimum Gasteiger partial charge on any atom is -0.308 e. The van der Waals surface area contributed by atoms with Gasteiger partial charge in [0, 0.05) is 24.2 Å². The molecule has 0 aromatic heterocycles. The zero-order chi connectivity index (χ0) is 19.0. The number of piperazine rings is 1. The number of alkyl halides is 4. The van der Waals surface area contributed by atoms with Crippen LogP contribution in [0.5, 0.6) is 0 Å². The van der Waals surface area contributed by atoms with E-state index in [-0.39, 0.29) is 18.9 Å². The summed E-state index contributed by atoms with van der Waals surface area (Å²) >= 11 is 0. The van der Waals surface area contributed by atoms with E-state index in [9.17, 15) is 17.6 Å². The molecule has 1 aliphatic heterocycles. The third-order valence-corrected chi connectivity index (χ3v) is 7.92. The maximum atomic E-state index is 13.7. The Morgan fingerprint density at radius 1 is 0.593 bits per heavy atom. The molecule has 0 bridgehead atoms. The Morgan fingerprint density at radius 2 is 1.04 bits per heavy atom. The van der Waals surface area contributed by atoms with Crippen LogP contribution in [0, 0.1) is 17.8 Å². The van der Waals surface area contributed by atoms with Crippen molar-refractivity contribution in [3.63, 3.8) is 0 Å². The highest BCUT2D eigenvalue weighted by Crippen LogP contribution is 2.43. The van der Waals surface area contributed by atoms with Crippen LogP contribution in [0.1, 0.15) is 77.0 Å². The van der Waals surface area contributed by atoms with Crippen LogP contribution in [0.25, 0.3) is 0 Å². The van der Waals surface area contributed by atoms with Gasteiger partial charge in [-0.25, -0.2) is 4.39 Å². The first-order valence-electron chi connectivity index (χ1n) is 11.1. The van der Waals surface area contributed by atoms with Crippen LogP contribution < -0.4 is 10.6 Å². The van der Waals surface area contributed by atoms with E-state index in [0.29, 0.717) is 55.6 Å². The molecular weight excluding hydrogens is 356 g/mol. The second-order valence-electron chi connectivity index (χ2n) is 9.55. The lowest BCUT2D eigenvalue weighted by atomic mass is 9.69. The molecule has 0 amide bonds. The van der Waals surface area contributed by atoms with Crippen LogP contribution in [-0.4, -0.2) is 36.5 Å². The van der Waals surface area contributed by atoms with Crippen molar-refractivity contribution in [2.45, 2.75) is 114 Å². The lowest BCUT2D eigenvalue weighted by Crippen LogP contribution is -2.70. The SMILES string of the molecule is FC1CCC(C2NC3CCCCC3NC2C2CCC(C(F)(F)F)CC2)CC1. The van der Waals surface area contributed by atoms with E-state index in [0.717, 1.165) is 19.3 Å². The highest BCUT2D eigenvalue weighted by atomic mass is 19.4. The Balaban J connectivity index is 1.45. The summed E-state index contributed by atoms with van der Waals surface area (Å²) in [6.45, 7) is 0. The summed E-state index contributed by atoms with van der Waals surface area (Å²) in [5.74, 6) is -0.349. The summed E-state index contributed by atoms with van der Waals surface area (Å²) in [4.78, 5) is 0. The van der Waals surface area contributed by atoms with Gasteiger partial charge in [0.25, 0.3) is 0 Å². The molecule has 3 aliphatic carbocycles. The monoisotopic (exact) mass is 390 g/mol. The van der Waals surface area contributed by atoms with Crippen molar-refractivity contribution >= 4 is 0 Å². The van der Waals surface area contributed by atoms with Gasteiger partial charge in [0.05, 0.1) is 5.92 Å². The zero-order valence-corrected chi connectivity index (χ0v) is 16.1. The summed E-state index contributed by atoms with van der Waals surface area (Å²) in [6, 6.07) is 1.48. The minimum absolute atomic E-state index is 0.250. The molecule has 0 aromatic carbocycles. The molecule has 6 heteroatoms. The molecule has 4 fully saturated rings. The van der Waals surface area contributed by atoms with Crippen molar-refractivity contribution < 1.29 is 17.6 Å². The van der Waals surface area contributed by atoms with Crippen LogP contribution in [0.15, 0.2) is 0 Å². The molecular formula is C21H34F4N2. The predicted octanol–water partition coefficient (Wildman–Crippen LogP) is 5.12. The molecule has 0 spiro atoms. The number of hydrogen-bond acceptors (Lipinski definition) is 2. The summed E-state index contributed by atoms with van der Waals surface area (Å²) in [5, 5.41) is 7.82. The molecule has 1 heterocycles. The Kier molecular flexibility index (Phi) is 6.04. The molecule has 4 rings (SSSR count). The van der Waals surface area contributed by atoms with E-state index >= 15 is 0 Å². The quantitative estimate of drug-likeness (QED) is 0.639. The lowest BCUT2D eigenvalue weighted by Gasteiger charge is -2.52. The Hall–Kier alpha value is -0.360. The van der Waals surface area contributed by atoms with Crippen LogP contribution in [0.2, 0.25) is 0 Å². The number of fused-ring (bicyclic) bond motifs is 1. The molecule has 2 nitrogen and oxygen atoms in total. The smallest absolute Gasteiger partial charge is 0.308 e. The first kappa shape index (κ1) is 19.9. The van der Waals surface area contributed by atoms with Gasteiger partial charge in [0.2, 0.25) is 0 Å². The van der Waals surface area contributed by atoms with Crippen LogP contribution in [0.3, 0.4) is 0 Å². The zero-order valence-electron chi connectivity index (χ0n) is 16.1. The average Bonchev–Trinajstić information content (AvgIpc) is 2.67. The van der Waals surface area contributed by atoms with Crippen LogP contribution in [-0.2, 0) is 0 Å². The molecule has 0 radical (unpaired) electrons. The van der Waals surface area contributed by atoms with E-state index in [1.54, 1.807) is 0 Å². The van der Waals surface area contributed by atoms with E-state index in [1.807, 2.05) is 0 Å². The van der Waals surface area contributed by atoms with Crippen molar-refractivity contribution in [2.24, 2.45) is 17.8 Å². The van der Waals surface area contributed by atoms with Gasteiger partial charge in [-0.1, -0.05) is 12.8 Å². The second kappa shape index (κ2) is 8.17. The fourth-order valence-electron chi connectivity index (χ4n) is 6.33. The molecule has 3 saturated carbocycles. The van der Waals surface area contributed by atoms with Gasteiger partial charge in [0.15, 0.2) is 0 Å². The number of halogens is 4.